The minimum Gasteiger partial charge on any atom is -0.368 e. The summed E-state index contributed by atoms with van der Waals surface area (Å²) < 4.78 is 0. The Morgan fingerprint density at radius 3 is 1.37 bits per heavy atom. The zero-order valence-corrected chi connectivity index (χ0v) is 15.7. The van der Waals surface area contributed by atoms with Crippen LogP contribution >= 0.6 is 0 Å². The average Bonchev–Trinajstić information content (AvgIpc) is 3.28. The van der Waals surface area contributed by atoms with Gasteiger partial charge in [0.05, 0.1) is 5.54 Å². The maximum absolute atomic E-state index is 12.3. The van der Waals surface area contributed by atoms with Crippen molar-refractivity contribution >= 4 is 5.91 Å². The van der Waals surface area contributed by atoms with E-state index in [1.54, 1.807) is 0 Å². The summed E-state index contributed by atoms with van der Waals surface area (Å²) in [5.74, 6) is -0.285. The van der Waals surface area contributed by atoms with Gasteiger partial charge in [-0.3, -0.25) is 9.69 Å². The smallest absolute Gasteiger partial charge is 0.236 e. The molecule has 136 valence electrons. The minimum absolute atomic E-state index is 0.285. The number of hydrogen-bond donors (Lipinski definition) is 1. The van der Waals surface area contributed by atoms with Gasteiger partial charge in [0.2, 0.25) is 5.91 Å². The maximum atomic E-state index is 12.3. The second-order valence-corrected chi connectivity index (χ2v) is 7.64. The molecule has 2 unspecified atom stereocenters. The lowest BCUT2D eigenvalue weighted by Gasteiger charge is -2.39. The van der Waals surface area contributed by atoms with Gasteiger partial charge in [-0.25, -0.2) is 0 Å². The van der Waals surface area contributed by atoms with E-state index in [4.69, 9.17) is 5.73 Å². The summed E-state index contributed by atoms with van der Waals surface area (Å²) in [6, 6.07) is 30.8. The largest absolute Gasteiger partial charge is 0.368 e. The molecule has 0 aliphatic carbocycles. The lowest BCUT2D eigenvalue weighted by atomic mass is 9.76. The van der Waals surface area contributed by atoms with Gasteiger partial charge in [-0.1, -0.05) is 91.0 Å². The number of hydrogen-bond acceptors (Lipinski definition) is 2. The van der Waals surface area contributed by atoms with E-state index in [1.165, 1.54) is 0 Å². The number of benzene rings is 3. The molecule has 0 bridgehead atoms. The maximum Gasteiger partial charge on any atom is 0.236 e. The first-order valence-corrected chi connectivity index (χ1v) is 9.26. The normalized spacial score (nSPS) is 20.8. The molecule has 0 aromatic heterocycles. The molecule has 3 aromatic rings. The van der Waals surface area contributed by atoms with Crippen LogP contribution in [0.4, 0.5) is 0 Å². The van der Waals surface area contributed by atoms with Crippen LogP contribution in [-0.4, -0.2) is 22.4 Å². The van der Waals surface area contributed by atoms with E-state index in [9.17, 15) is 4.79 Å². The Morgan fingerprint density at radius 2 is 1.11 bits per heavy atom. The highest BCUT2D eigenvalue weighted by atomic mass is 16.2. The Kier molecular flexibility index (Phi) is 4.12. The van der Waals surface area contributed by atoms with Crippen molar-refractivity contribution in [2.24, 2.45) is 5.73 Å². The summed E-state index contributed by atoms with van der Waals surface area (Å²) in [5, 5.41) is 0. The fourth-order valence-electron chi connectivity index (χ4n) is 4.54. The lowest BCUT2D eigenvalue weighted by Crippen LogP contribution is -2.42. The van der Waals surface area contributed by atoms with Crippen molar-refractivity contribution in [1.82, 2.24) is 4.90 Å². The van der Waals surface area contributed by atoms with Gasteiger partial charge in [0.15, 0.2) is 0 Å². The Hall–Kier alpha value is -2.91. The topological polar surface area (TPSA) is 46.1 Å². The van der Waals surface area contributed by atoms with Crippen LogP contribution in [0.1, 0.15) is 30.5 Å². The van der Waals surface area contributed by atoms with Gasteiger partial charge in [-0.15, -0.1) is 0 Å². The van der Waals surface area contributed by atoms with E-state index >= 15 is 0 Å². The average molecular weight is 356 g/mol. The van der Waals surface area contributed by atoms with E-state index in [0.717, 1.165) is 16.7 Å². The Labute approximate surface area is 160 Å². The highest BCUT2D eigenvalue weighted by molar-refractivity contribution is 5.86. The highest BCUT2D eigenvalue weighted by Gasteiger charge is 2.68. The second kappa shape index (κ2) is 6.36. The number of nitrogens with two attached hydrogens (primary N) is 1. The van der Waals surface area contributed by atoms with Gasteiger partial charge < -0.3 is 5.73 Å². The number of rotatable bonds is 5. The van der Waals surface area contributed by atoms with E-state index in [-0.39, 0.29) is 17.5 Å². The zero-order chi connectivity index (χ0) is 19.1. The van der Waals surface area contributed by atoms with Crippen LogP contribution in [0.5, 0.6) is 0 Å². The van der Waals surface area contributed by atoms with E-state index in [1.807, 2.05) is 54.6 Å². The molecule has 0 saturated carbocycles. The summed E-state index contributed by atoms with van der Waals surface area (Å²) in [6.45, 7) is 4.18. The van der Waals surface area contributed by atoms with Crippen molar-refractivity contribution in [3.05, 3.63) is 108 Å². The van der Waals surface area contributed by atoms with Gasteiger partial charge in [0.25, 0.3) is 0 Å². The third-order valence-electron chi connectivity index (χ3n) is 5.69. The standard InChI is InChI=1S/C24H24N2O/c1-23(2)21(22(25)27)26(23)24(18-12-6-3-7-13-18,19-14-8-4-9-15-19)20-16-10-5-11-17-20/h3-17,21H,1-2H3,(H2,25,27). The molecule has 1 heterocycles. The predicted molar refractivity (Wildman–Crippen MR) is 108 cm³/mol. The monoisotopic (exact) mass is 356 g/mol. The van der Waals surface area contributed by atoms with Crippen molar-refractivity contribution in [1.29, 1.82) is 0 Å². The number of carbonyl (C=O) groups is 1. The van der Waals surface area contributed by atoms with Crippen LogP contribution in [0.25, 0.3) is 0 Å². The molecule has 3 heteroatoms. The molecule has 27 heavy (non-hydrogen) atoms. The van der Waals surface area contributed by atoms with Crippen LogP contribution < -0.4 is 5.73 Å². The van der Waals surface area contributed by atoms with Crippen molar-refractivity contribution < 1.29 is 4.79 Å². The molecular formula is C24H24N2O. The molecule has 3 nitrogen and oxygen atoms in total. The Balaban J connectivity index is 2.07. The summed E-state index contributed by atoms with van der Waals surface area (Å²) in [5.41, 5.74) is 8.26. The first kappa shape index (κ1) is 17.5. The summed E-state index contributed by atoms with van der Waals surface area (Å²) in [6.07, 6.45) is 0. The molecule has 3 aromatic carbocycles. The van der Waals surface area contributed by atoms with Gasteiger partial charge in [-0.05, 0) is 30.5 Å². The van der Waals surface area contributed by atoms with E-state index < -0.39 is 5.54 Å². The third kappa shape index (κ3) is 2.58. The van der Waals surface area contributed by atoms with Crippen molar-refractivity contribution in [3.63, 3.8) is 0 Å². The fourth-order valence-corrected chi connectivity index (χ4v) is 4.54. The summed E-state index contributed by atoms with van der Waals surface area (Å²) in [4.78, 5) is 14.6. The molecule has 1 saturated heterocycles. The first-order valence-electron chi connectivity index (χ1n) is 9.26. The zero-order valence-electron chi connectivity index (χ0n) is 15.7. The number of nitrogens with zero attached hydrogens (tertiary/aromatic N) is 1. The van der Waals surface area contributed by atoms with Crippen LogP contribution in [0.15, 0.2) is 91.0 Å². The Bertz CT molecular complexity index is 839. The summed E-state index contributed by atoms with van der Waals surface area (Å²) in [7, 11) is 0. The minimum atomic E-state index is -0.590. The van der Waals surface area contributed by atoms with Crippen molar-refractivity contribution in [2.75, 3.05) is 0 Å². The van der Waals surface area contributed by atoms with Crippen LogP contribution in [-0.2, 0) is 10.3 Å². The van der Waals surface area contributed by atoms with Crippen molar-refractivity contribution in [3.8, 4) is 0 Å². The molecular weight excluding hydrogens is 332 g/mol. The molecule has 2 N–H and O–H groups in total. The van der Waals surface area contributed by atoms with Crippen molar-refractivity contribution in [2.45, 2.75) is 31.0 Å². The molecule has 1 aliphatic rings. The van der Waals surface area contributed by atoms with Gasteiger partial charge >= 0.3 is 0 Å². The van der Waals surface area contributed by atoms with Gasteiger partial charge in [-0.2, -0.15) is 0 Å². The fraction of sp³-hybridized carbons (Fsp3) is 0.208. The predicted octanol–water partition coefficient (Wildman–Crippen LogP) is 3.93. The van der Waals surface area contributed by atoms with E-state index in [0.29, 0.717) is 0 Å². The van der Waals surface area contributed by atoms with Crippen LogP contribution in [0.3, 0.4) is 0 Å². The molecule has 4 rings (SSSR count). The lowest BCUT2D eigenvalue weighted by molar-refractivity contribution is -0.118. The van der Waals surface area contributed by atoms with Crippen LogP contribution in [0, 0.1) is 0 Å². The number of amides is 1. The third-order valence-corrected chi connectivity index (χ3v) is 5.69. The second-order valence-electron chi connectivity index (χ2n) is 7.64. The highest BCUT2D eigenvalue weighted by Crippen LogP contribution is 2.56. The first-order chi connectivity index (χ1) is 13.0. The SMILES string of the molecule is CC1(C)C(C(N)=O)N1C(c1ccccc1)(c1ccccc1)c1ccccc1. The van der Waals surface area contributed by atoms with E-state index in [2.05, 4.69) is 55.1 Å². The summed E-state index contributed by atoms with van der Waals surface area (Å²) >= 11 is 0. The number of primary amides is 1. The van der Waals surface area contributed by atoms with Gasteiger partial charge in [0.1, 0.15) is 6.04 Å². The van der Waals surface area contributed by atoms with Gasteiger partial charge in [0, 0.05) is 5.54 Å². The van der Waals surface area contributed by atoms with Crippen LogP contribution in [0.2, 0.25) is 0 Å². The number of carbonyl (C=O) groups excluding carboxylic acids is 1. The Morgan fingerprint density at radius 1 is 0.778 bits per heavy atom. The molecule has 2 atom stereocenters. The molecule has 0 spiro atoms. The molecule has 0 radical (unpaired) electrons. The quantitative estimate of drug-likeness (QED) is 0.556. The molecule has 1 aliphatic heterocycles. The molecule has 1 amide bonds. The molecule has 1 fully saturated rings.